The smallest absolute Gasteiger partial charge is 0.360 e. The highest BCUT2D eigenvalue weighted by Crippen LogP contribution is 2.49. The summed E-state index contributed by atoms with van der Waals surface area (Å²) in [6.07, 6.45) is 2.17. The molecule has 1 aliphatic carbocycles. The quantitative estimate of drug-likeness (QED) is 0.528. The molecule has 0 saturated carbocycles. The summed E-state index contributed by atoms with van der Waals surface area (Å²) < 4.78 is 31.7. The van der Waals surface area contributed by atoms with E-state index in [1.54, 1.807) is 6.07 Å². The summed E-state index contributed by atoms with van der Waals surface area (Å²) in [5, 5.41) is 13.5. The minimum atomic E-state index is -1.36. The molecule has 2 aromatic heterocycles. The molecule has 1 N–H and O–H groups in total. The number of carbonyl (C=O) groups excluding carboxylic acids is 2. The van der Waals surface area contributed by atoms with Crippen LogP contribution < -0.4 is 5.32 Å². The second-order valence-electron chi connectivity index (χ2n) is 10.2. The van der Waals surface area contributed by atoms with Crippen molar-refractivity contribution in [3.8, 4) is 17.7 Å². The normalized spacial score (nSPS) is 21.2. The van der Waals surface area contributed by atoms with Gasteiger partial charge >= 0.3 is 5.97 Å². The third-order valence-electron chi connectivity index (χ3n) is 6.85. The first kappa shape index (κ1) is 23.7. The summed E-state index contributed by atoms with van der Waals surface area (Å²) in [5.41, 5.74) is -0.304. The van der Waals surface area contributed by atoms with Gasteiger partial charge in [-0.3, -0.25) is 4.79 Å². The summed E-state index contributed by atoms with van der Waals surface area (Å²) in [6, 6.07) is 4.92. The number of carbonyl (C=O) groups is 2. The monoisotopic (exact) mass is 492 g/mol. The number of fused-ring (bicyclic) bond motifs is 4. The van der Waals surface area contributed by atoms with Crippen LogP contribution in [0.2, 0.25) is 0 Å². The van der Waals surface area contributed by atoms with Gasteiger partial charge in [0.05, 0.1) is 13.2 Å². The van der Waals surface area contributed by atoms with Crippen LogP contribution in [0.1, 0.15) is 78.5 Å². The fourth-order valence-corrected chi connectivity index (χ4v) is 4.94. The van der Waals surface area contributed by atoms with Crippen LogP contribution >= 0.6 is 0 Å². The zero-order chi connectivity index (χ0) is 25.8. The molecule has 2 aliphatic rings. The predicted octanol–water partition coefficient (Wildman–Crippen LogP) is 4.16. The van der Waals surface area contributed by atoms with Gasteiger partial charge in [-0.1, -0.05) is 26.8 Å². The number of aromatic nitrogens is 2. The number of nitrogens with one attached hydrogen (secondary N) is 1. The Kier molecular flexibility index (Phi) is 5.47. The number of rotatable bonds is 2. The van der Waals surface area contributed by atoms with Crippen LogP contribution in [0.5, 0.6) is 0 Å². The van der Waals surface area contributed by atoms with Crippen molar-refractivity contribution in [3.05, 3.63) is 58.2 Å². The lowest BCUT2D eigenvalue weighted by atomic mass is 9.79. The largest absolute Gasteiger partial charge is 0.464 e. The number of esters is 1. The van der Waals surface area contributed by atoms with Gasteiger partial charge in [0.25, 0.3) is 0 Å². The molecular weight excluding hydrogens is 467 g/mol. The lowest BCUT2D eigenvalue weighted by Crippen LogP contribution is -2.37. The van der Waals surface area contributed by atoms with E-state index in [-0.39, 0.29) is 47.7 Å². The van der Waals surface area contributed by atoms with Crippen molar-refractivity contribution in [2.24, 2.45) is 5.41 Å². The molecule has 1 aliphatic heterocycles. The molecular formula is C26H25FN4O5. The molecule has 2 atom stereocenters. The first-order chi connectivity index (χ1) is 17.1. The molecule has 3 aromatic rings. The minimum Gasteiger partial charge on any atom is -0.464 e. The maximum absolute atomic E-state index is 15.1. The number of nitrogens with zero attached hydrogens (tertiary/aromatic N) is 3. The molecule has 186 valence electrons. The Balaban J connectivity index is 1.81. The summed E-state index contributed by atoms with van der Waals surface area (Å²) in [4.78, 5) is 33.7. The Hall–Kier alpha value is -4.00. The van der Waals surface area contributed by atoms with E-state index in [1.165, 1.54) is 13.2 Å². The summed E-state index contributed by atoms with van der Waals surface area (Å²) in [5.74, 6) is -1.11. The van der Waals surface area contributed by atoms with Crippen LogP contribution in [-0.2, 0) is 27.8 Å². The maximum Gasteiger partial charge on any atom is 0.360 e. The number of halogens is 1. The van der Waals surface area contributed by atoms with E-state index >= 15 is 4.39 Å². The zero-order valence-corrected chi connectivity index (χ0v) is 20.4. The van der Waals surface area contributed by atoms with E-state index in [1.807, 2.05) is 20.8 Å². The Labute approximate surface area is 206 Å². The van der Waals surface area contributed by atoms with Gasteiger partial charge in [0, 0.05) is 6.42 Å². The molecule has 0 radical (unpaired) electrons. The molecule has 4 bridgehead atoms. The molecule has 9 nitrogen and oxygen atoms in total. The lowest BCUT2D eigenvalue weighted by molar-refractivity contribution is -0.122. The molecule has 36 heavy (non-hydrogen) atoms. The van der Waals surface area contributed by atoms with E-state index in [0.717, 1.165) is 6.26 Å². The third kappa shape index (κ3) is 3.66. The number of oxazole rings is 2. The molecule has 0 fully saturated rings. The number of methoxy groups -OCH3 is 1. The van der Waals surface area contributed by atoms with Gasteiger partial charge in [0.15, 0.2) is 17.1 Å². The molecule has 5 rings (SSSR count). The third-order valence-corrected chi connectivity index (χ3v) is 6.85. The van der Waals surface area contributed by atoms with Crippen LogP contribution in [0, 0.1) is 22.6 Å². The summed E-state index contributed by atoms with van der Waals surface area (Å²) in [7, 11) is 1.22. The fourth-order valence-electron chi connectivity index (χ4n) is 4.94. The van der Waals surface area contributed by atoms with Crippen molar-refractivity contribution in [2.75, 3.05) is 7.11 Å². The topological polar surface area (TPSA) is 131 Å². The molecule has 1 aromatic carbocycles. The second kappa shape index (κ2) is 8.29. The van der Waals surface area contributed by atoms with Crippen molar-refractivity contribution < 1.29 is 27.6 Å². The number of hydrogen-bond acceptors (Lipinski definition) is 8. The number of amides is 1. The van der Waals surface area contributed by atoms with Gasteiger partial charge in [0.1, 0.15) is 23.5 Å². The number of hydrogen-bond donors (Lipinski definition) is 1. The minimum absolute atomic E-state index is 0.0473. The van der Waals surface area contributed by atoms with Crippen LogP contribution in [0.15, 0.2) is 27.2 Å². The Bertz CT molecular complexity index is 1430. The molecule has 0 spiro atoms. The molecule has 10 heteroatoms. The maximum atomic E-state index is 15.1. The Morgan fingerprint density at radius 2 is 2.06 bits per heavy atom. The van der Waals surface area contributed by atoms with E-state index in [0.29, 0.717) is 29.5 Å². The first-order valence-electron chi connectivity index (χ1n) is 11.6. The van der Waals surface area contributed by atoms with Crippen LogP contribution in [0.3, 0.4) is 0 Å². The van der Waals surface area contributed by atoms with Gasteiger partial charge in [-0.2, -0.15) is 5.26 Å². The fraction of sp³-hybridized carbons (Fsp3) is 0.423. The lowest BCUT2D eigenvalue weighted by Gasteiger charge is -2.29. The summed E-state index contributed by atoms with van der Waals surface area (Å²) in [6.45, 7) is 5.79. The van der Waals surface area contributed by atoms with Gasteiger partial charge < -0.3 is 18.9 Å². The standard InChI is InChI=1S/C26H25FN4O5/c1-25(2,3)20-23-31-19(22-29-17(11-35-22)24(33)34-4)21(36-23)26(12-28)8-7-14-15(26)9-13(10-16(14)27)5-6-18(32)30-20/h9-11,20H,5-8H2,1-4H3,(H,30,32). The highest BCUT2D eigenvalue weighted by atomic mass is 19.1. The zero-order valence-electron chi connectivity index (χ0n) is 20.4. The van der Waals surface area contributed by atoms with Crippen molar-refractivity contribution in [3.63, 3.8) is 0 Å². The van der Waals surface area contributed by atoms with Crippen molar-refractivity contribution >= 4 is 11.9 Å². The van der Waals surface area contributed by atoms with Crippen molar-refractivity contribution in [1.29, 1.82) is 5.26 Å². The number of nitriles is 1. The van der Waals surface area contributed by atoms with E-state index in [2.05, 4.69) is 21.4 Å². The van der Waals surface area contributed by atoms with Crippen LogP contribution in [-0.4, -0.2) is 29.0 Å². The van der Waals surface area contributed by atoms with Gasteiger partial charge in [-0.05, 0) is 47.4 Å². The van der Waals surface area contributed by atoms with Gasteiger partial charge in [-0.15, -0.1) is 0 Å². The molecule has 2 unspecified atom stereocenters. The Morgan fingerprint density at radius 1 is 1.28 bits per heavy atom. The highest BCUT2D eigenvalue weighted by Gasteiger charge is 2.49. The highest BCUT2D eigenvalue weighted by molar-refractivity contribution is 5.87. The SMILES string of the molecule is COC(=O)c1coc(-c2nc3oc2C2(C#N)CCc4c(F)cc(cc42)CCC(=O)NC3C(C)(C)C)n1. The summed E-state index contributed by atoms with van der Waals surface area (Å²) >= 11 is 0. The Morgan fingerprint density at radius 3 is 2.75 bits per heavy atom. The number of benzene rings is 1. The van der Waals surface area contributed by atoms with Crippen molar-refractivity contribution in [2.45, 2.75) is 57.9 Å². The van der Waals surface area contributed by atoms with Crippen molar-refractivity contribution in [1.82, 2.24) is 15.3 Å². The molecule has 1 amide bonds. The molecule has 0 saturated heterocycles. The van der Waals surface area contributed by atoms with E-state index in [9.17, 15) is 14.9 Å². The second-order valence-corrected chi connectivity index (χ2v) is 10.2. The van der Waals surface area contributed by atoms with Crippen LogP contribution in [0.25, 0.3) is 11.6 Å². The average Bonchev–Trinajstić information content (AvgIpc) is 3.56. The van der Waals surface area contributed by atoms with E-state index < -0.39 is 28.7 Å². The predicted molar refractivity (Wildman–Crippen MR) is 123 cm³/mol. The molecule has 3 heterocycles. The van der Waals surface area contributed by atoms with Gasteiger partial charge in [-0.25, -0.2) is 19.2 Å². The number of ether oxygens (including phenoxy) is 1. The van der Waals surface area contributed by atoms with E-state index in [4.69, 9.17) is 13.6 Å². The van der Waals surface area contributed by atoms with Gasteiger partial charge in [0.2, 0.25) is 17.7 Å². The number of aryl methyl sites for hydroxylation is 1. The average molecular weight is 493 g/mol. The first-order valence-corrected chi connectivity index (χ1v) is 11.6. The van der Waals surface area contributed by atoms with Crippen LogP contribution in [0.4, 0.5) is 4.39 Å².